The van der Waals surface area contributed by atoms with Crippen molar-refractivity contribution in [1.29, 1.82) is 0 Å². The van der Waals surface area contributed by atoms with Gasteiger partial charge in [-0.3, -0.25) is 4.98 Å². The van der Waals surface area contributed by atoms with E-state index in [0.717, 1.165) is 11.1 Å². The Balaban J connectivity index is 1.65. The average molecular weight is 332 g/mol. The smallest absolute Gasteiger partial charge is 0.218 e. The Bertz CT molecular complexity index is 720. The highest BCUT2D eigenvalue weighted by Gasteiger charge is 2.29. The summed E-state index contributed by atoms with van der Waals surface area (Å²) in [6.07, 6.45) is 4.06. The van der Waals surface area contributed by atoms with E-state index in [-0.39, 0.29) is 11.9 Å². The van der Waals surface area contributed by atoms with E-state index in [4.69, 9.17) is 4.74 Å². The van der Waals surface area contributed by atoms with Gasteiger partial charge >= 0.3 is 0 Å². The summed E-state index contributed by atoms with van der Waals surface area (Å²) in [4.78, 5) is 4.09. The van der Waals surface area contributed by atoms with E-state index < -0.39 is 10.0 Å². The van der Waals surface area contributed by atoms with Crippen molar-refractivity contribution in [2.24, 2.45) is 0 Å². The van der Waals surface area contributed by atoms with Gasteiger partial charge in [0.15, 0.2) is 0 Å². The Labute approximate surface area is 137 Å². The fourth-order valence-corrected chi connectivity index (χ4v) is 4.27. The molecule has 0 aliphatic carbocycles. The molecular formula is C17H20N2O3S. The Morgan fingerprint density at radius 1 is 1.13 bits per heavy atom. The predicted octanol–water partition coefficient (Wildman–Crippen LogP) is 1.85. The van der Waals surface area contributed by atoms with Crippen molar-refractivity contribution in [3.8, 4) is 0 Å². The lowest BCUT2D eigenvalue weighted by atomic mass is 10.1. The second-order valence-electron chi connectivity index (χ2n) is 5.66. The average Bonchev–Trinajstić information content (AvgIpc) is 2.57. The van der Waals surface area contributed by atoms with Gasteiger partial charge in [-0.25, -0.2) is 8.42 Å². The summed E-state index contributed by atoms with van der Waals surface area (Å²) in [6, 6.07) is 13.1. The SMILES string of the molecule is O=S(=O)(Cc1ccccc1)N1CCO[C@H](Cc2cccnc2)C1. The van der Waals surface area contributed by atoms with Crippen LogP contribution >= 0.6 is 0 Å². The topological polar surface area (TPSA) is 59.5 Å². The zero-order valence-electron chi connectivity index (χ0n) is 12.8. The Morgan fingerprint density at radius 2 is 1.91 bits per heavy atom. The van der Waals surface area contributed by atoms with Gasteiger partial charge in [0, 0.05) is 31.9 Å². The second kappa shape index (κ2) is 7.21. The van der Waals surface area contributed by atoms with Crippen LogP contribution < -0.4 is 0 Å². The molecule has 1 aromatic carbocycles. The maximum absolute atomic E-state index is 12.6. The molecule has 0 radical (unpaired) electrons. The third kappa shape index (κ3) is 4.37. The first kappa shape index (κ1) is 16.1. The molecule has 23 heavy (non-hydrogen) atoms. The maximum atomic E-state index is 12.6. The lowest BCUT2D eigenvalue weighted by Crippen LogP contribution is -2.46. The Morgan fingerprint density at radius 3 is 2.65 bits per heavy atom. The number of sulfonamides is 1. The third-order valence-corrected chi connectivity index (χ3v) is 5.69. The highest BCUT2D eigenvalue weighted by atomic mass is 32.2. The Kier molecular flexibility index (Phi) is 5.05. The second-order valence-corrected chi connectivity index (χ2v) is 7.63. The van der Waals surface area contributed by atoms with Crippen molar-refractivity contribution in [2.75, 3.05) is 19.7 Å². The first-order valence-corrected chi connectivity index (χ1v) is 9.27. The van der Waals surface area contributed by atoms with Crippen molar-refractivity contribution in [2.45, 2.75) is 18.3 Å². The molecule has 5 nitrogen and oxygen atoms in total. The van der Waals surface area contributed by atoms with Crippen LogP contribution in [0.2, 0.25) is 0 Å². The molecule has 0 spiro atoms. The number of pyridine rings is 1. The summed E-state index contributed by atoms with van der Waals surface area (Å²) in [7, 11) is -3.32. The molecule has 1 saturated heterocycles. The van der Waals surface area contributed by atoms with Gasteiger partial charge in [-0.05, 0) is 17.2 Å². The van der Waals surface area contributed by atoms with Gasteiger partial charge in [0.05, 0.1) is 18.5 Å². The number of benzene rings is 1. The monoisotopic (exact) mass is 332 g/mol. The van der Waals surface area contributed by atoms with Gasteiger partial charge in [0.25, 0.3) is 0 Å². The van der Waals surface area contributed by atoms with Gasteiger partial charge in [-0.1, -0.05) is 36.4 Å². The minimum Gasteiger partial charge on any atom is -0.375 e. The third-order valence-electron chi connectivity index (χ3n) is 3.87. The molecule has 0 unspecified atom stereocenters. The summed E-state index contributed by atoms with van der Waals surface area (Å²) in [6.45, 7) is 1.24. The number of morpholine rings is 1. The minimum atomic E-state index is -3.32. The molecule has 122 valence electrons. The zero-order chi connectivity index (χ0) is 16.1. The number of hydrogen-bond donors (Lipinski definition) is 0. The predicted molar refractivity (Wildman–Crippen MR) is 88.3 cm³/mol. The highest BCUT2D eigenvalue weighted by Crippen LogP contribution is 2.17. The van der Waals surface area contributed by atoms with Crippen LogP contribution in [0.25, 0.3) is 0 Å². The Hall–Kier alpha value is -1.76. The minimum absolute atomic E-state index is 0.0352. The molecule has 1 aliphatic heterocycles. The molecule has 3 rings (SSSR count). The van der Waals surface area contributed by atoms with Crippen molar-refractivity contribution < 1.29 is 13.2 Å². The van der Waals surface area contributed by atoms with E-state index in [1.165, 1.54) is 0 Å². The van der Waals surface area contributed by atoms with Crippen molar-refractivity contribution in [3.05, 3.63) is 66.0 Å². The first-order valence-electron chi connectivity index (χ1n) is 7.66. The van der Waals surface area contributed by atoms with Crippen LogP contribution in [0.1, 0.15) is 11.1 Å². The molecule has 1 atom stereocenters. The van der Waals surface area contributed by atoms with Crippen molar-refractivity contribution in [1.82, 2.24) is 9.29 Å². The van der Waals surface area contributed by atoms with Gasteiger partial charge in [-0.2, -0.15) is 4.31 Å². The molecular weight excluding hydrogens is 312 g/mol. The molecule has 1 fully saturated rings. The van der Waals surface area contributed by atoms with Crippen LogP contribution in [-0.4, -0.2) is 43.5 Å². The molecule has 1 aliphatic rings. The fraction of sp³-hybridized carbons (Fsp3) is 0.353. The number of rotatable bonds is 5. The van der Waals surface area contributed by atoms with Gasteiger partial charge in [0.2, 0.25) is 10.0 Å². The summed E-state index contributed by atoms with van der Waals surface area (Å²) in [5.74, 6) is 0.0352. The van der Waals surface area contributed by atoms with Gasteiger partial charge in [-0.15, -0.1) is 0 Å². The first-order chi connectivity index (χ1) is 11.1. The van der Waals surface area contributed by atoms with Crippen LogP contribution in [0.3, 0.4) is 0 Å². The molecule has 0 N–H and O–H groups in total. The van der Waals surface area contributed by atoms with E-state index in [2.05, 4.69) is 4.98 Å². The van der Waals surface area contributed by atoms with E-state index >= 15 is 0 Å². The molecule has 2 heterocycles. The van der Waals surface area contributed by atoms with Crippen LogP contribution in [0.4, 0.5) is 0 Å². The van der Waals surface area contributed by atoms with Gasteiger partial charge in [0.1, 0.15) is 0 Å². The lowest BCUT2D eigenvalue weighted by molar-refractivity contribution is -0.000580. The van der Waals surface area contributed by atoms with Crippen molar-refractivity contribution in [3.63, 3.8) is 0 Å². The lowest BCUT2D eigenvalue weighted by Gasteiger charge is -2.32. The van der Waals surface area contributed by atoms with E-state index in [9.17, 15) is 8.42 Å². The fourth-order valence-electron chi connectivity index (χ4n) is 2.73. The van der Waals surface area contributed by atoms with Gasteiger partial charge < -0.3 is 4.74 Å². The number of aromatic nitrogens is 1. The molecule has 1 aromatic heterocycles. The summed E-state index contributed by atoms with van der Waals surface area (Å²) in [5.41, 5.74) is 1.86. The van der Waals surface area contributed by atoms with Crippen molar-refractivity contribution >= 4 is 10.0 Å². The summed E-state index contributed by atoms with van der Waals surface area (Å²) < 4.78 is 32.5. The zero-order valence-corrected chi connectivity index (χ0v) is 13.7. The maximum Gasteiger partial charge on any atom is 0.218 e. The molecule has 6 heteroatoms. The molecule has 0 bridgehead atoms. The number of hydrogen-bond acceptors (Lipinski definition) is 4. The normalized spacial score (nSPS) is 19.6. The summed E-state index contributed by atoms with van der Waals surface area (Å²) >= 11 is 0. The van der Waals surface area contributed by atoms with Crippen LogP contribution in [-0.2, 0) is 26.9 Å². The summed E-state index contributed by atoms with van der Waals surface area (Å²) in [5, 5.41) is 0. The van der Waals surface area contributed by atoms with E-state index in [1.807, 2.05) is 42.5 Å². The molecule has 2 aromatic rings. The highest BCUT2D eigenvalue weighted by molar-refractivity contribution is 7.88. The quantitative estimate of drug-likeness (QED) is 0.838. The number of ether oxygens (including phenoxy) is 1. The number of nitrogens with zero attached hydrogens (tertiary/aromatic N) is 2. The standard InChI is InChI=1S/C17H20N2O3S/c20-23(21,14-15-5-2-1-3-6-15)19-9-10-22-17(13-19)11-16-7-4-8-18-12-16/h1-8,12,17H,9-11,13-14H2/t17-/m1/s1. The van der Waals surface area contributed by atoms with Crippen LogP contribution in [0.15, 0.2) is 54.9 Å². The molecule has 0 amide bonds. The van der Waals surface area contributed by atoms with Crippen LogP contribution in [0.5, 0.6) is 0 Å². The molecule has 0 saturated carbocycles. The largest absolute Gasteiger partial charge is 0.375 e. The van der Waals surface area contributed by atoms with Crippen LogP contribution in [0, 0.1) is 0 Å². The van der Waals surface area contributed by atoms with E-state index in [0.29, 0.717) is 26.1 Å². The van der Waals surface area contributed by atoms with E-state index in [1.54, 1.807) is 16.7 Å².